The van der Waals surface area contributed by atoms with Crippen LogP contribution in [-0.2, 0) is 55.8 Å². The number of carbonyl (C=O) groups excluding carboxylic acids is 3. The minimum atomic E-state index is -4.96. The number of phosphoric ester groups is 2. The third-order valence-corrected chi connectivity index (χ3v) is 20.7. The molecule has 5 atom stereocenters. The third-order valence-electron chi connectivity index (χ3n) is 18.8. The molecule has 0 fully saturated rings. The van der Waals surface area contributed by atoms with Crippen molar-refractivity contribution >= 4 is 33.6 Å². The molecule has 0 aliphatic carbocycles. The molecule has 117 heavy (non-hydrogen) atoms. The first kappa shape index (κ1) is 111. The number of rotatable bonds is 85. The molecular weight excluding hydrogens is 1510 g/mol. The molecule has 5 unspecified atom stereocenters. The first-order valence-corrected chi connectivity index (χ1v) is 48.7. The minimum absolute atomic E-state index is 0.0218. The highest BCUT2D eigenvalue weighted by Crippen LogP contribution is 2.45. The monoisotopic (exact) mass is 1670 g/mol. The number of aliphatic hydroxyl groups is 2. The lowest BCUT2D eigenvalue weighted by atomic mass is 10.0. The van der Waals surface area contributed by atoms with Crippen molar-refractivity contribution < 1.29 is 75.8 Å². The molecule has 666 valence electrons. The molecular formula is C99H164O16P2. The zero-order valence-electron chi connectivity index (χ0n) is 73.3. The SMILES string of the molecule is CC/C=C\C/C=C\C/C=C\C/C=C\C/C=C\C/C=C\CCCCCCCCCCCCCCCCC(=O)OCC(O)COP(=O)(O)OCC(O)COP(=O)(O)OCC(COC(=O)CCCCCCCCCCCCCCCCC/C=C\C/C=C\C/C=C\C/C=C\C/C=C\CC)OC(=O)CCC/C=C\C/C=C\C/C=C\C/C=C\C/C=C\CC. The molecule has 0 saturated heterocycles. The second kappa shape index (κ2) is 89.6. The average molecular weight is 1670 g/mol. The topological polar surface area (TPSA) is 231 Å². The van der Waals surface area contributed by atoms with Gasteiger partial charge in [0.25, 0.3) is 0 Å². The van der Waals surface area contributed by atoms with E-state index in [1.807, 2.05) is 12.2 Å². The smallest absolute Gasteiger partial charge is 0.463 e. The number of hydrogen-bond donors (Lipinski definition) is 4. The van der Waals surface area contributed by atoms with Crippen molar-refractivity contribution in [2.75, 3.05) is 39.6 Å². The van der Waals surface area contributed by atoms with Gasteiger partial charge in [0.15, 0.2) is 6.10 Å². The summed E-state index contributed by atoms with van der Waals surface area (Å²) in [6.45, 7) is 2.29. The summed E-state index contributed by atoms with van der Waals surface area (Å²) in [5, 5.41) is 20.7. The van der Waals surface area contributed by atoms with E-state index >= 15 is 0 Å². The molecule has 0 aromatic rings. The fourth-order valence-corrected chi connectivity index (χ4v) is 13.6. The van der Waals surface area contributed by atoms with Crippen LogP contribution in [0.4, 0.5) is 0 Å². The fraction of sp³-hybridized carbons (Fsp3) is 0.646. The summed E-state index contributed by atoms with van der Waals surface area (Å²) in [4.78, 5) is 58.9. The van der Waals surface area contributed by atoms with Crippen LogP contribution >= 0.6 is 15.6 Å². The Bertz CT molecular complexity index is 2910. The van der Waals surface area contributed by atoms with Crippen LogP contribution in [0.15, 0.2) is 194 Å². The van der Waals surface area contributed by atoms with Crippen molar-refractivity contribution in [3.63, 3.8) is 0 Å². The van der Waals surface area contributed by atoms with Gasteiger partial charge >= 0.3 is 33.6 Å². The molecule has 18 heteroatoms. The van der Waals surface area contributed by atoms with E-state index in [0.717, 1.165) is 161 Å². The summed E-state index contributed by atoms with van der Waals surface area (Å²) in [5.41, 5.74) is 0. The van der Waals surface area contributed by atoms with Crippen LogP contribution in [0.1, 0.15) is 355 Å². The maximum Gasteiger partial charge on any atom is 0.472 e. The Kier molecular flexibility index (Phi) is 85.3. The molecule has 0 heterocycles. The highest BCUT2D eigenvalue weighted by molar-refractivity contribution is 7.47. The molecule has 0 bridgehead atoms. The molecule has 0 saturated carbocycles. The highest BCUT2D eigenvalue weighted by atomic mass is 31.2. The molecule has 4 N–H and O–H groups in total. The van der Waals surface area contributed by atoms with E-state index in [4.69, 9.17) is 32.3 Å². The van der Waals surface area contributed by atoms with Crippen LogP contribution in [0.2, 0.25) is 0 Å². The summed E-state index contributed by atoms with van der Waals surface area (Å²) in [7, 11) is -9.83. The lowest BCUT2D eigenvalue weighted by Gasteiger charge is -2.21. The van der Waals surface area contributed by atoms with Gasteiger partial charge in [0.1, 0.15) is 25.4 Å². The van der Waals surface area contributed by atoms with Crippen LogP contribution in [0, 0.1) is 0 Å². The van der Waals surface area contributed by atoms with Gasteiger partial charge in [-0.2, -0.15) is 0 Å². The maximum absolute atomic E-state index is 13.0. The molecule has 0 radical (unpaired) electrons. The normalized spacial score (nSPS) is 14.7. The number of carbonyl (C=O) groups is 3. The number of hydrogen-bond acceptors (Lipinski definition) is 14. The Morgan fingerprint density at radius 2 is 0.436 bits per heavy atom. The van der Waals surface area contributed by atoms with Gasteiger partial charge in [-0.25, -0.2) is 9.13 Å². The number of ether oxygens (including phenoxy) is 3. The van der Waals surface area contributed by atoms with Crippen LogP contribution < -0.4 is 0 Å². The van der Waals surface area contributed by atoms with Gasteiger partial charge in [0, 0.05) is 19.3 Å². The lowest BCUT2D eigenvalue weighted by molar-refractivity contribution is -0.161. The minimum Gasteiger partial charge on any atom is -0.463 e. The third kappa shape index (κ3) is 91.0. The van der Waals surface area contributed by atoms with Crippen molar-refractivity contribution in [3.8, 4) is 0 Å². The van der Waals surface area contributed by atoms with E-state index in [2.05, 4.69) is 203 Å². The highest BCUT2D eigenvalue weighted by Gasteiger charge is 2.29. The quantitative estimate of drug-likeness (QED) is 0.0146. The standard InChI is InChI=1S/C99H164O16P2/c1-4-7-10-13-16-19-22-25-28-31-33-35-37-39-41-43-45-46-48-50-51-53-55-57-59-62-64-67-70-73-76-79-82-85-97(102)109-88-94(100)89-111-116(105,106)112-90-95(101)91-113-117(107,108)114-93-96(115-99(104)87-84-81-78-75-72-69-66-61-30-27-24-21-18-15-12-9-6-3)92-110-98(103)86-83-80-77-74-71-68-65-63-60-58-56-54-52-49-47-44-42-40-38-36-34-32-29-26-23-20-17-14-11-8-5-2/h7-12,16-21,25-30,33-36,39-42,45-46,66,69,75,78,94-96,100-101H,4-6,13-15,22-24,31-32,37-38,43-44,47-65,67-68,70-74,76-77,79-93H2,1-3H3,(H,105,106)(H,107,108)/b10-7-,11-8-,12-9-,19-16-,20-17-,21-18-,28-25-,29-26-,30-27-,35-33-,36-34-,41-39-,42-40-,46-45-,69-66-,78-75-. The van der Waals surface area contributed by atoms with Crippen LogP contribution in [0.3, 0.4) is 0 Å². The predicted octanol–water partition coefficient (Wildman–Crippen LogP) is 28.2. The largest absolute Gasteiger partial charge is 0.472 e. The molecule has 0 aliphatic rings. The Morgan fingerprint density at radius 3 is 0.701 bits per heavy atom. The zero-order chi connectivity index (χ0) is 85.1. The van der Waals surface area contributed by atoms with Gasteiger partial charge in [-0.1, -0.05) is 376 Å². The van der Waals surface area contributed by atoms with Gasteiger partial charge < -0.3 is 34.2 Å². The Labute approximate surface area is 712 Å². The summed E-state index contributed by atoms with van der Waals surface area (Å²) >= 11 is 0. The molecule has 0 spiro atoms. The number of allylic oxidation sites excluding steroid dienone is 32. The zero-order valence-corrected chi connectivity index (χ0v) is 75.1. The summed E-state index contributed by atoms with van der Waals surface area (Å²) in [5.74, 6) is -1.64. The summed E-state index contributed by atoms with van der Waals surface area (Å²) in [6, 6.07) is 0. The predicted molar refractivity (Wildman–Crippen MR) is 491 cm³/mol. The maximum atomic E-state index is 13.0. The van der Waals surface area contributed by atoms with Gasteiger partial charge in [-0.15, -0.1) is 0 Å². The van der Waals surface area contributed by atoms with E-state index in [-0.39, 0.29) is 19.3 Å². The second-order valence-electron chi connectivity index (χ2n) is 30.0. The Balaban J connectivity index is 4.53. The van der Waals surface area contributed by atoms with Gasteiger partial charge in [0.2, 0.25) is 0 Å². The number of aliphatic hydroxyl groups excluding tert-OH is 2. The first-order valence-electron chi connectivity index (χ1n) is 45.7. The van der Waals surface area contributed by atoms with E-state index in [0.29, 0.717) is 25.7 Å². The first-order chi connectivity index (χ1) is 57.2. The van der Waals surface area contributed by atoms with Crippen LogP contribution in [-0.4, -0.2) is 95.9 Å². The van der Waals surface area contributed by atoms with E-state index in [1.165, 1.54) is 128 Å². The van der Waals surface area contributed by atoms with Gasteiger partial charge in [-0.3, -0.25) is 32.5 Å². The van der Waals surface area contributed by atoms with E-state index in [1.54, 1.807) is 0 Å². The molecule has 0 aliphatic heterocycles. The molecule has 0 aromatic heterocycles. The number of phosphoric acid groups is 2. The molecule has 0 amide bonds. The Hall–Kier alpha value is -5.61. The lowest BCUT2D eigenvalue weighted by Crippen LogP contribution is -2.30. The second-order valence-corrected chi connectivity index (χ2v) is 32.9. The van der Waals surface area contributed by atoms with Gasteiger partial charge in [-0.05, 0) is 154 Å². The number of esters is 3. The van der Waals surface area contributed by atoms with Crippen molar-refractivity contribution in [3.05, 3.63) is 194 Å². The molecule has 0 rings (SSSR count). The van der Waals surface area contributed by atoms with Gasteiger partial charge in [0.05, 0.1) is 26.4 Å². The Morgan fingerprint density at radius 1 is 0.239 bits per heavy atom. The molecule has 16 nitrogen and oxygen atoms in total. The van der Waals surface area contributed by atoms with Crippen molar-refractivity contribution in [1.82, 2.24) is 0 Å². The average Bonchev–Trinajstić information content (AvgIpc) is 0.900. The van der Waals surface area contributed by atoms with Crippen molar-refractivity contribution in [2.45, 2.75) is 373 Å². The summed E-state index contributed by atoms with van der Waals surface area (Å²) < 4.78 is 61.3. The summed E-state index contributed by atoms with van der Waals surface area (Å²) in [6.07, 6.45) is 119. The number of unbranched alkanes of at least 4 members (excludes halogenated alkanes) is 30. The van der Waals surface area contributed by atoms with Crippen LogP contribution in [0.25, 0.3) is 0 Å². The fourth-order valence-electron chi connectivity index (χ4n) is 12.0. The van der Waals surface area contributed by atoms with E-state index in [9.17, 15) is 43.5 Å². The van der Waals surface area contributed by atoms with E-state index < -0.39 is 91.5 Å². The van der Waals surface area contributed by atoms with Crippen LogP contribution in [0.5, 0.6) is 0 Å². The van der Waals surface area contributed by atoms with Crippen molar-refractivity contribution in [2.24, 2.45) is 0 Å². The molecule has 0 aromatic carbocycles. The van der Waals surface area contributed by atoms with Crippen molar-refractivity contribution in [1.29, 1.82) is 0 Å².